The Morgan fingerprint density at radius 1 is 1.03 bits per heavy atom. The monoisotopic (exact) mass is 409 g/mol. The van der Waals surface area contributed by atoms with E-state index in [0.29, 0.717) is 16.1 Å². The van der Waals surface area contributed by atoms with E-state index in [1.54, 1.807) is 24.3 Å². The molecule has 0 atom stereocenters. The van der Waals surface area contributed by atoms with Gasteiger partial charge < -0.3 is 0 Å². The highest BCUT2D eigenvalue weighted by Gasteiger charge is 2.35. The van der Waals surface area contributed by atoms with Crippen LogP contribution in [0.15, 0.2) is 48.5 Å². The standard InChI is InChI=1S/C18H11N5O5S/c24-15(10-5-7-11(8-6-10)23(27)28)19-18-21-20-14(29-18)9-22-16(25)12-3-1-2-4-13(12)17(22)26/h1-8H,9H2,(H,19,21,24). The van der Waals surface area contributed by atoms with Crippen LogP contribution < -0.4 is 5.32 Å². The lowest BCUT2D eigenvalue weighted by Gasteiger charge is -2.10. The molecule has 4 rings (SSSR count). The normalized spacial score (nSPS) is 12.8. The van der Waals surface area contributed by atoms with E-state index in [0.717, 1.165) is 16.2 Å². The van der Waals surface area contributed by atoms with Crippen LogP contribution in [0, 0.1) is 10.1 Å². The SMILES string of the molecule is O=C(Nc1nnc(CN2C(=O)c3ccccc3C2=O)s1)c1ccc([N+](=O)[O-])cc1. The zero-order valence-corrected chi connectivity index (χ0v) is 15.4. The molecule has 11 heteroatoms. The summed E-state index contributed by atoms with van der Waals surface area (Å²) >= 11 is 1.03. The van der Waals surface area contributed by atoms with Gasteiger partial charge in [-0.25, -0.2) is 0 Å². The number of hydrogen-bond donors (Lipinski definition) is 1. The number of imide groups is 1. The zero-order valence-electron chi connectivity index (χ0n) is 14.6. The van der Waals surface area contributed by atoms with Crippen molar-refractivity contribution in [2.24, 2.45) is 0 Å². The molecule has 2 heterocycles. The lowest BCUT2D eigenvalue weighted by molar-refractivity contribution is -0.384. The first-order valence-corrected chi connectivity index (χ1v) is 9.09. The average Bonchev–Trinajstić information content (AvgIpc) is 3.26. The molecule has 0 saturated carbocycles. The Labute approximate surface area is 166 Å². The number of non-ortho nitro benzene ring substituents is 1. The lowest BCUT2D eigenvalue weighted by atomic mass is 10.1. The molecule has 1 aromatic heterocycles. The van der Waals surface area contributed by atoms with Gasteiger partial charge in [0.05, 0.1) is 22.6 Å². The summed E-state index contributed by atoms with van der Waals surface area (Å²) in [6.45, 7) is -0.0581. The summed E-state index contributed by atoms with van der Waals surface area (Å²) < 4.78 is 0. The third-order valence-corrected chi connectivity index (χ3v) is 5.02. The maximum Gasteiger partial charge on any atom is 0.269 e. The molecule has 29 heavy (non-hydrogen) atoms. The van der Waals surface area contributed by atoms with Crippen LogP contribution >= 0.6 is 11.3 Å². The number of carbonyl (C=O) groups excluding carboxylic acids is 3. The number of nitro groups is 1. The first kappa shape index (κ1) is 18.4. The molecule has 0 radical (unpaired) electrons. The number of anilines is 1. The fourth-order valence-electron chi connectivity index (χ4n) is 2.79. The minimum Gasteiger partial charge on any atom is -0.296 e. The lowest BCUT2D eigenvalue weighted by Crippen LogP contribution is -2.29. The van der Waals surface area contributed by atoms with Gasteiger partial charge in [-0.1, -0.05) is 23.5 Å². The number of hydrogen-bond acceptors (Lipinski definition) is 8. The van der Waals surface area contributed by atoms with Gasteiger partial charge in [-0.3, -0.25) is 34.7 Å². The minimum absolute atomic E-state index is 0.0581. The van der Waals surface area contributed by atoms with Crippen LogP contribution in [-0.2, 0) is 6.54 Å². The van der Waals surface area contributed by atoms with E-state index in [1.807, 2.05) is 0 Å². The Hall–Kier alpha value is -3.99. The Morgan fingerprint density at radius 3 is 2.24 bits per heavy atom. The summed E-state index contributed by atoms with van der Waals surface area (Å²) in [5.74, 6) is -1.32. The molecule has 2 aromatic carbocycles. The highest BCUT2D eigenvalue weighted by molar-refractivity contribution is 7.15. The van der Waals surface area contributed by atoms with E-state index in [9.17, 15) is 24.5 Å². The number of nitrogens with zero attached hydrogens (tertiary/aromatic N) is 4. The van der Waals surface area contributed by atoms with Crippen molar-refractivity contribution in [1.82, 2.24) is 15.1 Å². The van der Waals surface area contributed by atoms with Gasteiger partial charge in [0.1, 0.15) is 5.01 Å². The molecule has 3 amide bonds. The molecule has 0 bridgehead atoms. The first-order valence-electron chi connectivity index (χ1n) is 8.27. The largest absolute Gasteiger partial charge is 0.296 e. The smallest absolute Gasteiger partial charge is 0.269 e. The maximum atomic E-state index is 12.4. The minimum atomic E-state index is -0.558. The Balaban J connectivity index is 1.44. The van der Waals surface area contributed by atoms with Crippen molar-refractivity contribution in [3.05, 3.63) is 80.3 Å². The second-order valence-corrected chi connectivity index (χ2v) is 7.06. The van der Waals surface area contributed by atoms with E-state index in [4.69, 9.17) is 0 Å². The molecule has 0 unspecified atom stereocenters. The van der Waals surface area contributed by atoms with Gasteiger partial charge >= 0.3 is 0 Å². The molecule has 1 aliphatic rings. The van der Waals surface area contributed by atoms with Crippen LogP contribution in [0.4, 0.5) is 10.8 Å². The van der Waals surface area contributed by atoms with Gasteiger partial charge in [0.15, 0.2) is 0 Å². The van der Waals surface area contributed by atoms with Crippen molar-refractivity contribution < 1.29 is 19.3 Å². The summed E-state index contributed by atoms with van der Waals surface area (Å²) in [4.78, 5) is 48.2. The molecule has 1 N–H and O–H groups in total. The number of carbonyl (C=O) groups is 3. The Kier molecular flexibility index (Phi) is 4.56. The molecule has 144 valence electrons. The predicted octanol–water partition coefficient (Wildman–Crippen LogP) is 2.49. The van der Waals surface area contributed by atoms with Gasteiger partial charge in [-0.15, -0.1) is 10.2 Å². The number of rotatable bonds is 5. The topological polar surface area (TPSA) is 135 Å². The molecule has 1 aliphatic heterocycles. The van der Waals surface area contributed by atoms with Gasteiger partial charge in [-0.2, -0.15) is 0 Å². The predicted molar refractivity (Wildman–Crippen MR) is 102 cm³/mol. The molecule has 0 fully saturated rings. The third-order valence-electron chi connectivity index (χ3n) is 4.20. The average molecular weight is 409 g/mol. The van der Waals surface area contributed by atoms with Crippen LogP contribution in [0.5, 0.6) is 0 Å². The molecule has 3 aromatic rings. The maximum absolute atomic E-state index is 12.4. The van der Waals surface area contributed by atoms with Crippen molar-refractivity contribution >= 4 is 39.9 Å². The number of fused-ring (bicyclic) bond motifs is 1. The molecular weight excluding hydrogens is 398 g/mol. The van der Waals surface area contributed by atoms with Crippen molar-refractivity contribution in [3.8, 4) is 0 Å². The number of nitrogens with one attached hydrogen (secondary N) is 1. The van der Waals surface area contributed by atoms with Crippen molar-refractivity contribution in [2.75, 3.05) is 5.32 Å². The number of nitro benzene ring substituents is 1. The number of aromatic nitrogens is 2. The zero-order chi connectivity index (χ0) is 20.5. The third kappa shape index (κ3) is 3.46. The van der Waals surface area contributed by atoms with Crippen LogP contribution in [0.3, 0.4) is 0 Å². The van der Waals surface area contributed by atoms with E-state index >= 15 is 0 Å². The first-order chi connectivity index (χ1) is 13.9. The summed E-state index contributed by atoms with van der Waals surface area (Å²) in [6.07, 6.45) is 0. The van der Waals surface area contributed by atoms with Gasteiger partial charge in [0.25, 0.3) is 23.4 Å². The van der Waals surface area contributed by atoms with Crippen LogP contribution in [0.1, 0.15) is 36.1 Å². The van der Waals surface area contributed by atoms with Crippen LogP contribution in [-0.4, -0.2) is 37.7 Å². The van der Waals surface area contributed by atoms with E-state index in [2.05, 4.69) is 15.5 Å². The quantitative estimate of drug-likeness (QED) is 0.388. The summed E-state index contributed by atoms with van der Waals surface area (Å²) in [7, 11) is 0. The van der Waals surface area contributed by atoms with Crippen molar-refractivity contribution in [1.29, 1.82) is 0 Å². The molecule has 0 saturated heterocycles. The Bertz CT molecular complexity index is 1120. The molecular formula is C18H11N5O5S. The van der Waals surface area contributed by atoms with Crippen LogP contribution in [0.25, 0.3) is 0 Å². The van der Waals surface area contributed by atoms with Gasteiger partial charge in [-0.05, 0) is 24.3 Å². The van der Waals surface area contributed by atoms with Gasteiger partial charge in [0, 0.05) is 17.7 Å². The molecule has 0 aliphatic carbocycles. The number of amides is 3. The van der Waals surface area contributed by atoms with Crippen molar-refractivity contribution in [3.63, 3.8) is 0 Å². The van der Waals surface area contributed by atoms with E-state index < -0.39 is 22.6 Å². The summed E-state index contributed by atoms with van der Waals surface area (Å²) in [5.41, 5.74) is 0.774. The van der Waals surface area contributed by atoms with E-state index in [-0.39, 0.29) is 22.9 Å². The van der Waals surface area contributed by atoms with Crippen LogP contribution in [0.2, 0.25) is 0 Å². The second-order valence-electron chi connectivity index (χ2n) is 6.00. The summed E-state index contributed by atoms with van der Waals surface area (Å²) in [6, 6.07) is 11.7. The molecule has 0 spiro atoms. The highest BCUT2D eigenvalue weighted by atomic mass is 32.1. The number of benzene rings is 2. The van der Waals surface area contributed by atoms with E-state index in [1.165, 1.54) is 24.3 Å². The highest BCUT2D eigenvalue weighted by Crippen LogP contribution is 2.26. The fraction of sp³-hybridized carbons (Fsp3) is 0.0556. The van der Waals surface area contributed by atoms with Crippen molar-refractivity contribution in [2.45, 2.75) is 6.54 Å². The van der Waals surface area contributed by atoms with Gasteiger partial charge in [0.2, 0.25) is 5.13 Å². The molecule has 10 nitrogen and oxygen atoms in total. The second kappa shape index (κ2) is 7.20. The fourth-order valence-corrected chi connectivity index (χ4v) is 3.51. The summed E-state index contributed by atoms with van der Waals surface area (Å²) in [5, 5.41) is 21.5. The Morgan fingerprint density at radius 2 is 1.66 bits per heavy atom.